The van der Waals surface area contributed by atoms with E-state index in [1.165, 1.54) is 17.3 Å². The third kappa shape index (κ3) is 6.92. The molecule has 160 valence electrons. The molecule has 0 saturated heterocycles. The molecule has 0 spiro atoms. The number of nitrogens with two attached hydrogens (primary N) is 1. The lowest BCUT2D eigenvalue weighted by Gasteiger charge is -2.13. The summed E-state index contributed by atoms with van der Waals surface area (Å²) in [6.45, 7) is 0.205. The third-order valence-electron chi connectivity index (χ3n) is 4.21. The summed E-state index contributed by atoms with van der Waals surface area (Å²) in [7, 11) is 1.58. The number of hydrogen-bond acceptors (Lipinski definition) is 5. The van der Waals surface area contributed by atoms with Crippen LogP contribution in [-0.2, 0) is 12.4 Å². The van der Waals surface area contributed by atoms with Gasteiger partial charge in [0, 0.05) is 21.4 Å². The van der Waals surface area contributed by atoms with Crippen molar-refractivity contribution in [1.29, 1.82) is 0 Å². The molecule has 0 amide bonds. The van der Waals surface area contributed by atoms with Crippen LogP contribution in [0.5, 0.6) is 11.5 Å². The van der Waals surface area contributed by atoms with Crippen molar-refractivity contribution < 1.29 is 9.47 Å². The summed E-state index contributed by atoms with van der Waals surface area (Å²) in [5.41, 5.74) is 8.59. The lowest BCUT2D eigenvalue weighted by molar-refractivity contribution is 0.284. The number of hydrogen-bond donors (Lipinski definition) is 1. The second-order valence-electron chi connectivity index (χ2n) is 6.36. The zero-order chi connectivity index (χ0) is 22.1. The number of amidine groups is 1. The van der Waals surface area contributed by atoms with Gasteiger partial charge in [-0.2, -0.15) is 5.10 Å². The Morgan fingerprint density at radius 2 is 1.74 bits per heavy atom. The Kier molecular flexibility index (Phi) is 8.64. The van der Waals surface area contributed by atoms with Crippen LogP contribution in [0.15, 0.2) is 76.9 Å². The molecule has 0 aliphatic heterocycles. The summed E-state index contributed by atoms with van der Waals surface area (Å²) < 4.78 is 11.3. The first-order chi connectivity index (χ1) is 15.1. The van der Waals surface area contributed by atoms with Crippen LogP contribution >= 0.6 is 35.0 Å². The van der Waals surface area contributed by atoms with Crippen LogP contribution in [0.2, 0.25) is 10.0 Å². The SMILES string of the molecule is COc1ccc(C=NN=C(N)SCc2ccccc2)cc1OCc1c(Cl)cccc1Cl. The molecule has 5 nitrogen and oxygen atoms in total. The maximum atomic E-state index is 6.22. The Balaban J connectivity index is 1.65. The first-order valence-corrected chi connectivity index (χ1v) is 11.1. The highest BCUT2D eigenvalue weighted by molar-refractivity contribution is 8.13. The van der Waals surface area contributed by atoms with Crippen molar-refractivity contribution >= 4 is 46.3 Å². The van der Waals surface area contributed by atoms with E-state index in [-0.39, 0.29) is 6.61 Å². The molecule has 3 aromatic rings. The highest BCUT2D eigenvalue weighted by Crippen LogP contribution is 2.31. The van der Waals surface area contributed by atoms with E-state index in [0.717, 1.165) is 11.3 Å². The van der Waals surface area contributed by atoms with Gasteiger partial charge in [0.15, 0.2) is 16.7 Å². The van der Waals surface area contributed by atoms with Crippen LogP contribution in [-0.4, -0.2) is 18.5 Å². The van der Waals surface area contributed by atoms with Crippen molar-refractivity contribution in [3.05, 3.63) is 93.5 Å². The largest absolute Gasteiger partial charge is 0.493 e. The van der Waals surface area contributed by atoms with E-state index in [0.29, 0.717) is 32.3 Å². The maximum Gasteiger partial charge on any atom is 0.180 e. The Labute approximate surface area is 195 Å². The topological polar surface area (TPSA) is 69.2 Å². The van der Waals surface area contributed by atoms with Crippen molar-refractivity contribution in [3.63, 3.8) is 0 Å². The van der Waals surface area contributed by atoms with Crippen LogP contribution in [0.25, 0.3) is 0 Å². The monoisotopic (exact) mass is 473 g/mol. The van der Waals surface area contributed by atoms with E-state index in [2.05, 4.69) is 10.2 Å². The van der Waals surface area contributed by atoms with Gasteiger partial charge in [-0.25, -0.2) is 0 Å². The lowest BCUT2D eigenvalue weighted by atomic mass is 10.2. The van der Waals surface area contributed by atoms with Gasteiger partial charge in [0.05, 0.1) is 13.3 Å². The molecule has 0 bridgehead atoms. The molecule has 0 atom stereocenters. The Bertz CT molecular complexity index is 1060. The summed E-state index contributed by atoms with van der Waals surface area (Å²) >= 11 is 13.9. The third-order valence-corrected chi connectivity index (χ3v) is 5.78. The van der Waals surface area contributed by atoms with Crippen LogP contribution in [0, 0.1) is 0 Å². The standard InChI is InChI=1S/C23H21Cl2N3O2S/c1-29-21-11-10-17(12-22(21)30-14-18-19(24)8-5-9-20(18)25)13-27-28-23(26)31-15-16-6-3-2-4-7-16/h2-13H,14-15H2,1H3,(H2,26,28). The fourth-order valence-corrected chi connectivity index (χ4v) is 3.74. The Morgan fingerprint density at radius 1 is 1.00 bits per heavy atom. The molecule has 3 aromatic carbocycles. The smallest absolute Gasteiger partial charge is 0.180 e. The molecule has 0 heterocycles. The number of methoxy groups -OCH3 is 1. The molecule has 0 fully saturated rings. The van der Waals surface area contributed by atoms with Crippen molar-refractivity contribution in [2.75, 3.05) is 7.11 Å². The van der Waals surface area contributed by atoms with Crippen LogP contribution in [0.1, 0.15) is 16.7 Å². The molecule has 8 heteroatoms. The van der Waals surface area contributed by atoms with Gasteiger partial charge in [-0.3, -0.25) is 0 Å². The van der Waals surface area contributed by atoms with E-state index < -0.39 is 0 Å². The molecule has 0 aliphatic carbocycles. The average molecular weight is 474 g/mol. The van der Waals surface area contributed by atoms with Gasteiger partial charge in [-0.1, -0.05) is 71.4 Å². The molecule has 0 aromatic heterocycles. The molecular formula is C23H21Cl2N3O2S. The zero-order valence-corrected chi connectivity index (χ0v) is 19.1. The van der Waals surface area contributed by atoms with Crippen LogP contribution < -0.4 is 15.2 Å². The number of thioether (sulfide) groups is 1. The molecule has 0 aliphatic rings. The molecule has 31 heavy (non-hydrogen) atoms. The fourth-order valence-electron chi connectivity index (χ4n) is 2.62. The summed E-state index contributed by atoms with van der Waals surface area (Å²) in [5.74, 6) is 1.86. The van der Waals surface area contributed by atoms with E-state index in [1.807, 2.05) is 36.4 Å². The minimum Gasteiger partial charge on any atom is -0.493 e. The zero-order valence-electron chi connectivity index (χ0n) is 16.8. The second-order valence-corrected chi connectivity index (χ2v) is 8.17. The van der Waals surface area contributed by atoms with Crippen LogP contribution in [0.4, 0.5) is 0 Å². The van der Waals surface area contributed by atoms with Crippen LogP contribution in [0.3, 0.4) is 0 Å². The molecule has 2 N–H and O–H groups in total. The van der Waals surface area contributed by atoms with Crippen molar-refractivity contribution in [1.82, 2.24) is 0 Å². The molecule has 0 radical (unpaired) electrons. The Morgan fingerprint density at radius 3 is 2.45 bits per heavy atom. The molecule has 0 unspecified atom stereocenters. The van der Waals surface area contributed by atoms with E-state index in [1.54, 1.807) is 43.7 Å². The highest BCUT2D eigenvalue weighted by atomic mass is 35.5. The molecular weight excluding hydrogens is 453 g/mol. The minimum atomic E-state index is 0.205. The van der Waals surface area contributed by atoms with E-state index >= 15 is 0 Å². The fraction of sp³-hybridized carbons (Fsp3) is 0.130. The summed E-state index contributed by atoms with van der Waals surface area (Å²) in [4.78, 5) is 0. The number of rotatable bonds is 8. The maximum absolute atomic E-state index is 6.22. The summed E-state index contributed by atoms with van der Waals surface area (Å²) in [6.07, 6.45) is 1.60. The van der Waals surface area contributed by atoms with E-state index in [9.17, 15) is 0 Å². The second kappa shape index (κ2) is 11.6. The minimum absolute atomic E-state index is 0.205. The van der Waals surface area contributed by atoms with Gasteiger partial charge in [-0.15, -0.1) is 5.10 Å². The number of benzene rings is 3. The number of halogens is 2. The van der Waals surface area contributed by atoms with Crippen molar-refractivity contribution in [3.8, 4) is 11.5 Å². The highest BCUT2D eigenvalue weighted by Gasteiger charge is 2.10. The first-order valence-electron chi connectivity index (χ1n) is 9.33. The summed E-state index contributed by atoms with van der Waals surface area (Å²) in [6, 6.07) is 20.8. The van der Waals surface area contributed by atoms with Crippen molar-refractivity contribution in [2.24, 2.45) is 15.9 Å². The molecule has 0 saturated carbocycles. The van der Waals surface area contributed by atoms with Gasteiger partial charge in [0.2, 0.25) is 0 Å². The van der Waals surface area contributed by atoms with Crippen molar-refractivity contribution in [2.45, 2.75) is 12.4 Å². The van der Waals surface area contributed by atoms with Gasteiger partial charge >= 0.3 is 0 Å². The molecule has 3 rings (SSSR count). The number of ether oxygens (including phenoxy) is 2. The Hall–Kier alpha value is -2.67. The van der Waals surface area contributed by atoms with Gasteiger partial charge in [-0.05, 0) is 41.5 Å². The predicted molar refractivity (Wildman–Crippen MR) is 131 cm³/mol. The van der Waals surface area contributed by atoms with E-state index in [4.69, 9.17) is 38.4 Å². The first kappa shape index (κ1) is 23.0. The predicted octanol–water partition coefficient (Wildman–Crippen LogP) is 6.16. The lowest BCUT2D eigenvalue weighted by Crippen LogP contribution is -2.06. The van der Waals surface area contributed by atoms with Gasteiger partial charge in [0.1, 0.15) is 6.61 Å². The number of nitrogens with zero attached hydrogens (tertiary/aromatic N) is 2. The van der Waals surface area contributed by atoms with Gasteiger partial charge < -0.3 is 15.2 Å². The quantitative estimate of drug-likeness (QED) is 0.241. The average Bonchev–Trinajstić information content (AvgIpc) is 2.78. The normalized spacial score (nSPS) is 11.6. The summed E-state index contributed by atoms with van der Waals surface area (Å²) in [5, 5.41) is 9.59. The van der Waals surface area contributed by atoms with Gasteiger partial charge in [0.25, 0.3) is 0 Å².